The average Bonchev–Trinajstić information content (AvgIpc) is 3.25. The van der Waals surface area contributed by atoms with Gasteiger partial charge in [0.05, 0.1) is 30.5 Å². The van der Waals surface area contributed by atoms with E-state index in [4.69, 9.17) is 4.74 Å². The number of ether oxygens (including phenoxy) is 1. The van der Waals surface area contributed by atoms with Crippen LogP contribution in [0.3, 0.4) is 0 Å². The van der Waals surface area contributed by atoms with Gasteiger partial charge < -0.3 is 15.0 Å². The second kappa shape index (κ2) is 6.19. The molecule has 0 aliphatic rings. The number of fused-ring (bicyclic) bond motifs is 2. The number of hydrogen-bond acceptors (Lipinski definition) is 6. The highest BCUT2D eigenvalue weighted by atomic mass is 16.5. The number of nitrogens with one attached hydrogen (secondary N) is 2. The van der Waals surface area contributed by atoms with Gasteiger partial charge in [-0.1, -0.05) is 0 Å². The third-order valence-corrected chi connectivity index (χ3v) is 3.68. The summed E-state index contributed by atoms with van der Waals surface area (Å²) in [6, 6.07) is 8.78. The average molecular weight is 337 g/mol. The molecule has 9 heteroatoms. The van der Waals surface area contributed by atoms with E-state index in [0.29, 0.717) is 29.5 Å². The molecular formula is C16H15N7O2. The Morgan fingerprint density at radius 1 is 1.28 bits per heavy atom. The third-order valence-electron chi connectivity index (χ3n) is 3.68. The van der Waals surface area contributed by atoms with Crippen molar-refractivity contribution in [2.24, 2.45) is 0 Å². The molecule has 0 fully saturated rings. The van der Waals surface area contributed by atoms with Crippen LogP contribution in [0.15, 0.2) is 36.7 Å². The zero-order chi connectivity index (χ0) is 17.2. The van der Waals surface area contributed by atoms with E-state index < -0.39 is 0 Å². The molecule has 0 aliphatic carbocycles. The van der Waals surface area contributed by atoms with Crippen LogP contribution in [0.1, 0.15) is 23.1 Å². The lowest BCUT2D eigenvalue weighted by Crippen LogP contribution is -2.24. The quantitative estimate of drug-likeness (QED) is 0.568. The van der Waals surface area contributed by atoms with E-state index in [-0.39, 0.29) is 12.5 Å². The summed E-state index contributed by atoms with van der Waals surface area (Å²) in [5, 5.41) is 15.2. The van der Waals surface area contributed by atoms with Gasteiger partial charge in [-0.3, -0.25) is 4.79 Å². The lowest BCUT2D eigenvalue weighted by Gasteiger charge is -2.05. The number of amides is 1. The molecule has 4 aromatic rings. The minimum Gasteiger partial charge on any atom is -0.477 e. The Bertz CT molecular complexity index is 1050. The Labute approximate surface area is 142 Å². The minimum absolute atomic E-state index is 0.198. The van der Waals surface area contributed by atoms with Gasteiger partial charge in [0, 0.05) is 11.6 Å². The fraction of sp³-hybridized carbons (Fsp3) is 0.188. The summed E-state index contributed by atoms with van der Waals surface area (Å²) in [5.41, 5.74) is 2.75. The predicted octanol–water partition coefficient (Wildman–Crippen LogP) is 1.33. The number of benzene rings is 1. The lowest BCUT2D eigenvalue weighted by molar-refractivity contribution is 0.0950. The number of aromatic amines is 1. The van der Waals surface area contributed by atoms with Crippen LogP contribution in [0.5, 0.6) is 5.88 Å². The highest BCUT2D eigenvalue weighted by molar-refractivity contribution is 5.97. The first-order valence-electron chi connectivity index (χ1n) is 7.80. The van der Waals surface area contributed by atoms with Crippen molar-refractivity contribution < 1.29 is 9.53 Å². The minimum atomic E-state index is -0.214. The summed E-state index contributed by atoms with van der Waals surface area (Å²) in [6.07, 6.45) is 1.59. The first kappa shape index (κ1) is 15.1. The molecule has 1 aromatic carbocycles. The zero-order valence-corrected chi connectivity index (χ0v) is 13.4. The first-order chi connectivity index (χ1) is 12.2. The maximum absolute atomic E-state index is 12.4. The Balaban J connectivity index is 1.52. The third kappa shape index (κ3) is 2.87. The van der Waals surface area contributed by atoms with Crippen LogP contribution in [-0.2, 0) is 6.54 Å². The highest BCUT2D eigenvalue weighted by Gasteiger charge is 2.11. The van der Waals surface area contributed by atoms with Crippen LogP contribution in [0.4, 0.5) is 0 Å². The molecule has 0 aliphatic heterocycles. The van der Waals surface area contributed by atoms with Crippen LogP contribution >= 0.6 is 0 Å². The normalized spacial score (nSPS) is 11.1. The number of rotatable bonds is 5. The van der Waals surface area contributed by atoms with E-state index >= 15 is 0 Å². The van der Waals surface area contributed by atoms with E-state index in [1.165, 1.54) is 0 Å². The second-order valence-corrected chi connectivity index (χ2v) is 5.31. The summed E-state index contributed by atoms with van der Waals surface area (Å²) in [6.45, 7) is 2.60. The van der Waals surface area contributed by atoms with Crippen LogP contribution in [-0.4, -0.2) is 42.3 Å². The number of H-pyrrole nitrogens is 1. The van der Waals surface area contributed by atoms with Gasteiger partial charge in [-0.25, -0.2) is 4.98 Å². The second-order valence-electron chi connectivity index (χ2n) is 5.31. The van der Waals surface area contributed by atoms with Gasteiger partial charge in [0.1, 0.15) is 0 Å². The van der Waals surface area contributed by atoms with Crippen LogP contribution in [0.2, 0.25) is 0 Å². The maximum atomic E-state index is 12.4. The van der Waals surface area contributed by atoms with Gasteiger partial charge >= 0.3 is 0 Å². The van der Waals surface area contributed by atoms with Gasteiger partial charge in [-0.2, -0.15) is 4.52 Å². The molecule has 3 heterocycles. The molecule has 0 atom stereocenters. The number of carbonyl (C=O) groups excluding carboxylic acids is 1. The summed E-state index contributed by atoms with van der Waals surface area (Å²) in [5.74, 6) is 0.786. The van der Waals surface area contributed by atoms with Crippen LogP contribution in [0.25, 0.3) is 16.7 Å². The molecule has 2 N–H and O–H groups in total. The number of carbonyl (C=O) groups is 1. The summed E-state index contributed by atoms with van der Waals surface area (Å²) >= 11 is 0. The fourth-order valence-corrected chi connectivity index (χ4v) is 2.49. The van der Waals surface area contributed by atoms with Gasteiger partial charge in [0.25, 0.3) is 5.91 Å². The van der Waals surface area contributed by atoms with Crippen molar-refractivity contribution >= 4 is 22.6 Å². The molecule has 0 saturated carbocycles. The van der Waals surface area contributed by atoms with Crippen molar-refractivity contribution in [3.05, 3.63) is 48.0 Å². The monoisotopic (exact) mass is 337 g/mol. The molecule has 0 spiro atoms. The summed E-state index contributed by atoms with van der Waals surface area (Å²) < 4.78 is 6.94. The Hall–Kier alpha value is -3.49. The van der Waals surface area contributed by atoms with Crippen molar-refractivity contribution in [3.63, 3.8) is 0 Å². The van der Waals surface area contributed by atoms with E-state index in [0.717, 1.165) is 11.0 Å². The first-order valence-corrected chi connectivity index (χ1v) is 7.80. The van der Waals surface area contributed by atoms with E-state index in [9.17, 15) is 4.79 Å². The summed E-state index contributed by atoms with van der Waals surface area (Å²) in [7, 11) is 0. The molecule has 25 heavy (non-hydrogen) atoms. The largest absolute Gasteiger partial charge is 0.477 e. The Morgan fingerprint density at radius 3 is 3.08 bits per heavy atom. The van der Waals surface area contributed by atoms with Crippen molar-refractivity contribution in [1.29, 1.82) is 0 Å². The highest BCUT2D eigenvalue weighted by Crippen LogP contribution is 2.12. The van der Waals surface area contributed by atoms with E-state index in [1.807, 2.05) is 6.92 Å². The van der Waals surface area contributed by atoms with E-state index in [1.54, 1.807) is 41.2 Å². The van der Waals surface area contributed by atoms with Crippen molar-refractivity contribution in [2.75, 3.05) is 6.61 Å². The molecule has 0 radical (unpaired) electrons. The van der Waals surface area contributed by atoms with Crippen molar-refractivity contribution in [1.82, 2.24) is 35.1 Å². The molecule has 0 saturated heterocycles. The Kier molecular flexibility index (Phi) is 3.73. The topological polar surface area (TPSA) is 110 Å². The zero-order valence-electron chi connectivity index (χ0n) is 13.4. The molecule has 9 nitrogen and oxygen atoms in total. The van der Waals surface area contributed by atoms with Crippen molar-refractivity contribution in [3.8, 4) is 5.88 Å². The molecule has 0 unspecified atom stereocenters. The molecule has 0 bridgehead atoms. The van der Waals surface area contributed by atoms with Crippen LogP contribution < -0.4 is 10.1 Å². The predicted molar refractivity (Wildman–Crippen MR) is 89.2 cm³/mol. The SMILES string of the molecule is CCOc1ccc2nnc(CNC(=O)c3ccc4nc[nH]c4c3)n2n1. The van der Waals surface area contributed by atoms with Gasteiger partial charge in [0.15, 0.2) is 11.5 Å². The molecule has 126 valence electrons. The standard InChI is InChI=1S/C16H15N7O2/c1-2-25-15-6-5-13-20-21-14(23(13)22-15)8-17-16(24)10-3-4-11-12(7-10)19-9-18-11/h3-7,9H,2,8H2,1H3,(H,17,24)(H,18,19). The van der Waals surface area contributed by atoms with E-state index in [2.05, 4.69) is 30.6 Å². The van der Waals surface area contributed by atoms with Crippen molar-refractivity contribution in [2.45, 2.75) is 13.5 Å². The van der Waals surface area contributed by atoms with Gasteiger partial charge in [-0.15, -0.1) is 15.3 Å². The number of imidazole rings is 1. The smallest absolute Gasteiger partial charge is 0.251 e. The molecule has 1 amide bonds. The number of nitrogens with zero attached hydrogens (tertiary/aromatic N) is 5. The molecule has 3 aromatic heterocycles. The van der Waals surface area contributed by atoms with Gasteiger partial charge in [-0.05, 0) is 31.2 Å². The maximum Gasteiger partial charge on any atom is 0.251 e. The molecule has 4 rings (SSSR count). The van der Waals surface area contributed by atoms with Crippen LogP contribution in [0, 0.1) is 0 Å². The Morgan fingerprint density at radius 2 is 2.20 bits per heavy atom. The van der Waals surface area contributed by atoms with Gasteiger partial charge in [0.2, 0.25) is 5.88 Å². The fourth-order valence-electron chi connectivity index (χ4n) is 2.49. The number of aromatic nitrogens is 6. The number of hydrogen-bond donors (Lipinski definition) is 2. The molecular weight excluding hydrogens is 322 g/mol. The summed E-state index contributed by atoms with van der Waals surface area (Å²) in [4.78, 5) is 19.5. The lowest BCUT2D eigenvalue weighted by atomic mass is 10.2.